The van der Waals surface area contributed by atoms with Gasteiger partial charge in [-0.3, -0.25) is 14.8 Å². The van der Waals surface area contributed by atoms with Crippen LogP contribution in [-0.4, -0.2) is 26.8 Å². The van der Waals surface area contributed by atoms with Crippen LogP contribution in [0.15, 0.2) is 73.1 Å². The first-order valence-electron chi connectivity index (χ1n) is 7.80. The van der Waals surface area contributed by atoms with E-state index >= 15 is 0 Å². The maximum absolute atomic E-state index is 12.5. The van der Waals surface area contributed by atoms with E-state index in [1.807, 2.05) is 12.3 Å². The van der Waals surface area contributed by atoms with E-state index < -0.39 is 5.91 Å². The molecule has 2 amide bonds. The number of hydrogen-bond donors (Lipinski definition) is 3. The summed E-state index contributed by atoms with van der Waals surface area (Å²) in [7, 11) is 0. The molecule has 3 rings (SSSR count). The van der Waals surface area contributed by atoms with Gasteiger partial charge in [-0.1, -0.05) is 18.2 Å². The summed E-state index contributed by atoms with van der Waals surface area (Å²) in [5, 5.41) is 15.5. The van der Waals surface area contributed by atoms with E-state index in [2.05, 4.69) is 10.4 Å². The van der Waals surface area contributed by atoms with E-state index in [-0.39, 0.29) is 5.91 Å². The second-order valence-electron chi connectivity index (χ2n) is 5.35. The second-order valence-corrected chi connectivity index (χ2v) is 5.35. The Morgan fingerprint density at radius 1 is 1.04 bits per heavy atom. The van der Waals surface area contributed by atoms with Crippen molar-refractivity contribution in [3.8, 4) is 5.69 Å². The first kappa shape index (κ1) is 17.1. The summed E-state index contributed by atoms with van der Waals surface area (Å²) >= 11 is 0. The fraction of sp³-hybridized carbons (Fsp3) is 0. The Kier molecular flexibility index (Phi) is 5.21. The number of benzene rings is 2. The number of anilines is 1. The van der Waals surface area contributed by atoms with Gasteiger partial charge in [-0.15, -0.1) is 0 Å². The molecule has 26 heavy (non-hydrogen) atoms. The standard InChI is InChI=1S/C19H16N4O3/c24-18(22-26)11-8-14-4-1-2-5-17(14)21-19(25)15-6-9-16(10-7-15)23-13-3-12-20-23/h1-13,26H,(H,21,25)(H,22,24)/b11-8+. The topological polar surface area (TPSA) is 96.2 Å². The number of carbonyl (C=O) groups is 2. The minimum Gasteiger partial charge on any atom is -0.321 e. The lowest BCUT2D eigenvalue weighted by Gasteiger charge is -2.09. The smallest absolute Gasteiger partial charge is 0.267 e. The van der Waals surface area contributed by atoms with Gasteiger partial charge in [0.1, 0.15) is 0 Å². The molecule has 0 atom stereocenters. The van der Waals surface area contributed by atoms with Crippen molar-refractivity contribution in [2.75, 3.05) is 5.32 Å². The monoisotopic (exact) mass is 348 g/mol. The minimum atomic E-state index is -0.652. The summed E-state index contributed by atoms with van der Waals surface area (Å²) in [6, 6.07) is 15.9. The first-order chi connectivity index (χ1) is 12.7. The third-order valence-corrected chi connectivity index (χ3v) is 3.63. The number of hydroxylamine groups is 1. The van der Waals surface area contributed by atoms with Crippen molar-refractivity contribution in [2.24, 2.45) is 0 Å². The highest BCUT2D eigenvalue weighted by Gasteiger charge is 2.08. The predicted octanol–water partition coefficient (Wildman–Crippen LogP) is 2.64. The van der Waals surface area contributed by atoms with E-state index in [9.17, 15) is 9.59 Å². The molecule has 0 aliphatic heterocycles. The number of hydrogen-bond acceptors (Lipinski definition) is 4. The Morgan fingerprint density at radius 2 is 1.81 bits per heavy atom. The lowest BCUT2D eigenvalue weighted by atomic mass is 10.1. The molecule has 0 saturated carbocycles. The fourth-order valence-corrected chi connectivity index (χ4v) is 2.34. The number of nitrogens with zero attached hydrogens (tertiary/aromatic N) is 2. The van der Waals surface area contributed by atoms with Crippen LogP contribution in [0.25, 0.3) is 11.8 Å². The van der Waals surface area contributed by atoms with Crippen LogP contribution in [0.2, 0.25) is 0 Å². The van der Waals surface area contributed by atoms with Crippen molar-refractivity contribution in [3.63, 3.8) is 0 Å². The number of nitrogens with one attached hydrogen (secondary N) is 2. The van der Waals surface area contributed by atoms with Gasteiger partial charge in [0.15, 0.2) is 0 Å². The summed E-state index contributed by atoms with van der Waals surface area (Å²) in [6.45, 7) is 0. The number of para-hydroxylation sites is 1. The van der Waals surface area contributed by atoms with Crippen molar-refractivity contribution in [1.82, 2.24) is 15.3 Å². The molecule has 0 saturated heterocycles. The normalized spacial score (nSPS) is 10.7. The van der Waals surface area contributed by atoms with Gasteiger partial charge in [-0.2, -0.15) is 5.10 Å². The highest BCUT2D eigenvalue weighted by Crippen LogP contribution is 2.18. The lowest BCUT2D eigenvalue weighted by Crippen LogP contribution is -2.15. The molecule has 0 aliphatic carbocycles. The quantitative estimate of drug-likeness (QED) is 0.375. The van der Waals surface area contributed by atoms with Crippen LogP contribution in [-0.2, 0) is 4.79 Å². The maximum Gasteiger partial charge on any atom is 0.267 e. The number of rotatable bonds is 5. The van der Waals surface area contributed by atoms with E-state index in [1.54, 1.807) is 59.4 Å². The van der Waals surface area contributed by atoms with Gasteiger partial charge in [0.2, 0.25) is 0 Å². The van der Waals surface area contributed by atoms with Crippen molar-refractivity contribution in [1.29, 1.82) is 0 Å². The van der Waals surface area contributed by atoms with E-state index in [0.29, 0.717) is 16.8 Å². The molecular weight excluding hydrogens is 332 g/mol. The lowest BCUT2D eigenvalue weighted by molar-refractivity contribution is -0.124. The molecule has 7 heteroatoms. The van der Waals surface area contributed by atoms with Crippen molar-refractivity contribution < 1.29 is 14.8 Å². The summed E-state index contributed by atoms with van der Waals surface area (Å²) in [5.41, 5.74) is 4.05. The highest BCUT2D eigenvalue weighted by molar-refractivity contribution is 6.05. The first-order valence-corrected chi connectivity index (χ1v) is 7.80. The van der Waals surface area contributed by atoms with E-state index in [4.69, 9.17) is 5.21 Å². The van der Waals surface area contributed by atoms with Crippen LogP contribution in [0.4, 0.5) is 5.69 Å². The van der Waals surface area contributed by atoms with Crippen LogP contribution < -0.4 is 10.8 Å². The van der Waals surface area contributed by atoms with Gasteiger partial charge in [0.25, 0.3) is 11.8 Å². The van der Waals surface area contributed by atoms with Gasteiger partial charge in [-0.25, -0.2) is 10.2 Å². The third kappa shape index (κ3) is 4.03. The SMILES string of the molecule is O=C(/C=C/c1ccccc1NC(=O)c1ccc(-n2cccn2)cc1)NO. The van der Waals surface area contributed by atoms with E-state index in [0.717, 1.165) is 5.69 Å². The Hall–Kier alpha value is -3.71. The van der Waals surface area contributed by atoms with Gasteiger partial charge in [0.05, 0.1) is 5.69 Å². The molecule has 130 valence electrons. The average molecular weight is 348 g/mol. The van der Waals surface area contributed by atoms with Crippen LogP contribution in [0, 0.1) is 0 Å². The number of aromatic nitrogens is 2. The third-order valence-electron chi connectivity index (χ3n) is 3.63. The number of amides is 2. The largest absolute Gasteiger partial charge is 0.321 e. The Labute approximate surface area is 149 Å². The molecule has 3 N–H and O–H groups in total. The predicted molar refractivity (Wildman–Crippen MR) is 96.9 cm³/mol. The summed E-state index contributed by atoms with van der Waals surface area (Å²) in [4.78, 5) is 23.6. The van der Waals surface area contributed by atoms with Crippen LogP contribution >= 0.6 is 0 Å². The molecule has 3 aromatic rings. The zero-order chi connectivity index (χ0) is 18.4. The van der Waals surface area contributed by atoms with Gasteiger partial charge in [-0.05, 0) is 48.0 Å². The summed E-state index contributed by atoms with van der Waals surface area (Å²) in [5.74, 6) is -0.926. The fourth-order valence-electron chi connectivity index (χ4n) is 2.34. The van der Waals surface area contributed by atoms with Crippen molar-refractivity contribution >= 4 is 23.6 Å². The molecular formula is C19H16N4O3. The molecule has 0 unspecified atom stereocenters. The van der Waals surface area contributed by atoms with Crippen molar-refractivity contribution in [2.45, 2.75) is 0 Å². The van der Waals surface area contributed by atoms with Crippen molar-refractivity contribution in [3.05, 3.63) is 84.2 Å². The molecule has 0 spiro atoms. The molecule has 1 heterocycles. The second kappa shape index (κ2) is 7.91. The Bertz CT molecular complexity index is 932. The molecule has 0 bridgehead atoms. The highest BCUT2D eigenvalue weighted by atomic mass is 16.5. The Morgan fingerprint density at radius 3 is 2.50 bits per heavy atom. The molecule has 1 aromatic heterocycles. The van der Waals surface area contributed by atoms with Gasteiger partial charge >= 0.3 is 0 Å². The number of carbonyl (C=O) groups excluding carboxylic acids is 2. The van der Waals surface area contributed by atoms with Crippen LogP contribution in [0.5, 0.6) is 0 Å². The summed E-state index contributed by atoms with van der Waals surface area (Å²) < 4.78 is 1.70. The van der Waals surface area contributed by atoms with E-state index in [1.165, 1.54) is 17.6 Å². The zero-order valence-corrected chi connectivity index (χ0v) is 13.7. The zero-order valence-electron chi connectivity index (χ0n) is 13.7. The summed E-state index contributed by atoms with van der Waals surface area (Å²) in [6.07, 6.45) is 6.17. The molecule has 0 radical (unpaired) electrons. The van der Waals surface area contributed by atoms with Gasteiger partial charge < -0.3 is 5.32 Å². The Balaban J connectivity index is 1.76. The van der Waals surface area contributed by atoms with Gasteiger partial charge in [0, 0.05) is 29.7 Å². The molecule has 2 aromatic carbocycles. The molecule has 0 aliphatic rings. The molecule has 7 nitrogen and oxygen atoms in total. The average Bonchev–Trinajstić information content (AvgIpc) is 3.22. The van der Waals surface area contributed by atoms with Crippen LogP contribution in [0.3, 0.4) is 0 Å². The van der Waals surface area contributed by atoms with Crippen LogP contribution in [0.1, 0.15) is 15.9 Å². The maximum atomic E-state index is 12.5. The molecule has 0 fully saturated rings. The minimum absolute atomic E-state index is 0.274.